The first-order chi connectivity index (χ1) is 6.16. The maximum absolute atomic E-state index is 13.1. The molecule has 72 valence electrons. The maximum Gasteiger partial charge on any atom is 0.162 e. The largest absolute Gasteiger partial charge is 0.304 e. The van der Waals surface area contributed by atoms with E-state index in [0.717, 1.165) is 6.07 Å². The van der Waals surface area contributed by atoms with Crippen molar-refractivity contribution >= 4 is 0 Å². The fraction of sp³-hybridized carbons (Fsp3) is 0.333. The summed E-state index contributed by atoms with van der Waals surface area (Å²) in [5.41, 5.74) is 0.283. The molecule has 0 fully saturated rings. The summed E-state index contributed by atoms with van der Waals surface area (Å²) in [5, 5.41) is 0. The average Bonchev–Trinajstić information content (AvgIpc) is 2.10. The van der Waals surface area contributed by atoms with Crippen molar-refractivity contribution in [2.75, 3.05) is 6.61 Å². The molecule has 0 spiro atoms. The van der Waals surface area contributed by atoms with Gasteiger partial charge in [-0.15, -0.1) is 0 Å². The third-order valence-corrected chi connectivity index (χ3v) is 1.86. The van der Waals surface area contributed by atoms with Crippen LogP contribution in [0.15, 0.2) is 18.2 Å². The quantitative estimate of drug-likeness (QED) is 0.734. The molecule has 0 saturated carbocycles. The molecule has 4 heteroatoms. The van der Waals surface area contributed by atoms with Gasteiger partial charge in [0.1, 0.15) is 0 Å². The lowest BCUT2D eigenvalue weighted by atomic mass is 10.0. The second-order valence-corrected chi connectivity index (χ2v) is 2.88. The van der Waals surface area contributed by atoms with Crippen LogP contribution in [0, 0.1) is 11.6 Å². The highest BCUT2D eigenvalue weighted by Crippen LogP contribution is 2.20. The van der Waals surface area contributed by atoms with Gasteiger partial charge in [0.25, 0.3) is 0 Å². The lowest BCUT2D eigenvalue weighted by Crippen LogP contribution is -2.10. The Morgan fingerprint density at radius 2 is 2.15 bits per heavy atom. The van der Waals surface area contributed by atoms with Crippen molar-refractivity contribution in [3.63, 3.8) is 0 Å². The number of hydrogen-bond donors (Lipinski definition) is 1. The summed E-state index contributed by atoms with van der Waals surface area (Å²) in [7, 11) is 0. The van der Waals surface area contributed by atoms with E-state index in [0.29, 0.717) is 0 Å². The van der Waals surface area contributed by atoms with Crippen molar-refractivity contribution in [1.82, 2.24) is 0 Å². The third kappa shape index (κ3) is 2.23. The van der Waals surface area contributed by atoms with Gasteiger partial charge in [-0.05, 0) is 11.6 Å². The van der Waals surface area contributed by atoms with E-state index in [-0.39, 0.29) is 18.1 Å². The minimum atomic E-state index is -0.846. The van der Waals surface area contributed by atoms with Crippen LogP contribution in [-0.4, -0.2) is 6.61 Å². The highest BCUT2D eigenvalue weighted by atomic mass is 19.2. The van der Waals surface area contributed by atoms with Crippen LogP contribution in [0.4, 0.5) is 8.78 Å². The van der Waals surface area contributed by atoms with Gasteiger partial charge >= 0.3 is 0 Å². The van der Waals surface area contributed by atoms with Crippen LogP contribution in [0.2, 0.25) is 0 Å². The number of benzene rings is 1. The molecule has 1 atom stereocenters. The normalized spacial score (nSPS) is 12.9. The average molecular weight is 187 g/mol. The zero-order chi connectivity index (χ0) is 9.84. The van der Waals surface area contributed by atoms with E-state index in [1.54, 1.807) is 6.92 Å². The molecule has 0 aliphatic carbocycles. The second-order valence-electron chi connectivity index (χ2n) is 2.88. The van der Waals surface area contributed by atoms with Crippen LogP contribution in [0.3, 0.4) is 0 Å². The summed E-state index contributed by atoms with van der Waals surface area (Å²) in [5.74, 6) is 2.92. The number of nitrogens with two attached hydrogens (primary N) is 1. The van der Waals surface area contributed by atoms with Crippen molar-refractivity contribution in [2.24, 2.45) is 5.90 Å². The summed E-state index contributed by atoms with van der Waals surface area (Å²) < 4.78 is 25.8. The Hall–Kier alpha value is -1.00. The molecule has 2 nitrogen and oxygen atoms in total. The first-order valence-electron chi connectivity index (χ1n) is 3.92. The molecule has 0 aliphatic rings. The van der Waals surface area contributed by atoms with E-state index >= 15 is 0 Å². The van der Waals surface area contributed by atoms with Crippen molar-refractivity contribution < 1.29 is 13.6 Å². The number of hydrogen-bond acceptors (Lipinski definition) is 2. The van der Waals surface area contributed by atoms with Gasteiger partial charge in [-0.3, -0.25) is 0 Å². The molecule has 1 aromatic rings. The summed E-state index contributed by atoms with van der Waals surface area (Å²) in [4.78, 5) is 4.36. The molecule has 13 heavy (non-hydrogen) atoms. The van der Waals surface area contributed by atoms with E-state index in [9.17, 15) is 8.78 Å². The Kier molecular flexibility index (Phi) is 3.33. The van der Waals surface area contributed by atoms with Crippen molar-refractivity contribution in [1.29, 1.82) is 0 Å². The first-order valence-corrected chi connectivity index (χ1v) is 3.92. The summed E-state index contributed by atoms with van der Waals surface area (Å²) in [6.07, 6.45) is 0. The van der Waals surface area contributed by atoms with Gasteiger partial charge in [-0.1, -0.05) is 19.1 Å². The lowest BCUT2D eigenvalue weighted by Gasteiger charge is -2.10. The van der Waals surface area contributed by atoms with Crippen LogP contribution in [0.5, 0.6) is 0 Å². The molecule has 0 aromatic heterocycles. The second kappa shape index (κ2) is 4.30. The molecule has 0 saturated heterocycles. The smallest absolute Gasteiger partial charge is 0.162 e. The zero-order valence-corrected chi connectivity index (χ0v) is 7.26. The predicted molar refractivity (Wildman–Crippen MR) is 44.9 cm³/mol. The van der Waals surface area contributed by atoms with Gasteiger partial charge in [0.2, 0.25) is 0 Å². The fourth-order valence-corrected chi connectivity index (χ4v) is 1.14. The van der Waals surface area contributed by atoms with Crippen LogP contribution < -0.4 is 5.90 Å². The minimum Gasteiger partial charge on any atom is -0.304 e. The first kappa shape index (κ1) is 10.1. The summed E-state index contributed by atoms with van der Waals surface area (Å²) in [6, 6.07) is 4.05. The number of rotatable bonds is 3. The van der Waals surface area contributed by atoms with Gasteiger partial charge in [0.15, 0.2) is 11.6 Å². The van der Waals surface area contributed by atoms with Crippen LogP contribution in [-0.2, 0) is 4.84 Å². The molecule has 0 amide bonds. The molecule has 1 aromatic carbocycles. The van der Waals surface area contributed by atoms with Gasteiger partial charge in [-0.25, -0.2) is 14.7 Å². The van der Waals surface area contributed by atoms with Gasteiger partial charge < -0.3 is 4.84 Å². The summed E-state index contributed by atoms with van der Waals surface area (Å²) >= 11 is 0. The maximum atomic E-state index is 13.1. The zero-order valence-electron chi connectivity index (χ0n) is 7.26. The molecule has 1 rings (SSSR count). The van der Waals surface area contributed by atoms with Crippen LogP contribution in [0.1, 0.15) is 18.4 Å². The molecule has 0 heterocycles. The standard InChI is InChI=1S/C9H11F2NO/c1-6(5-13-12)7-3-2-4-8(10)9(7)11/h2-4,6H,5,12H2,1H3. The van der Waals surface area contributed by atoms with Crippen LogP contribution in [0.25, 0.3) is 0 Å². The predicted octanol–water partition coefficient (Wildman–Crippen LogP) is 1.96. The Morgan fingerprint density at radius 3 is 2.77 bits per heavy atom. The van der Waals surface area contributed by atoms with Gasteiger partial charge in [-0.2, -0.15) is 0 Å². The highest BCUT2D eigenvalue weighted by molar-refractivity contribution is 5.22. The number of halogens is 2. The lowest BCUT2D eigenvalue weighted by molar-refractivity contribution is 0.125. The molecular formula is C9H11F2NO. The minimum absolute atomic E-state index is 0.167. The van der Waals surface area contributed by atoms with Crippen LogP contribution >= 0.6 is 0 Å². The van der Waals surface area contributed by atoms with E-state index in [1.807, 2.05) is 0 Å². The van der Waals surface area contributed by atoms with E-state index in [4.69, 9.17) is 5.90 Å². The monoisotopic (exact) mass is 187 g/mol. The van der Waals surface area contributed by atoms with Crippen molar-refractivity contribution in [3.8, 4) is 0 Å². The molecule has 0 radical (unpaired) electrons. The SMILES string of the molecule is CC(CON)c1cccc(F)c1F. The van der Waals surface area contributed by atoms with E-state index in [2.05, 4.69) is 4.84 Å². The Bertz CT molecular complexity index is 291. The third-order valence-electron chi connectivity index (χ3n) is 1.86. The Labute approximate surface area is 75.3 Å². The Balaban J connectivity index is 2.93. The molecule has 2 N–H and O–H groups in total. The molecule has 0 bridgehead atoms. The van der Waals surface area contributed by atoms with Gasteiger partial charge in [0.05, 0.1) is 6.61 Å². The van der Waals surface area contributed by atoms with E-state index < -0.39 is 11.6 Å². The summed E-state index contributed by atoms with van der Waals surface area (Å²) in [6.45, 7) is 1.88. The topological polar surface area (TPSA) is 35.2 Å². The van der Waals surface area contributed by atoms with Gasteiger partial charge in [0, 0.05) is 5.92 Å². The van der Waals surface area contributed by atoms with E-state index in [1.165, 1.54) is 12.1 Å². The van der Waals surface area contributed by atoms with Crippen molar-refractivity contribution in [3.05, 3.63) is 35.4 Å². The van der Waals surface area contributed by atoms with Crippen molar-refractivity contribution in [2.45, 2.75) is 12.8 Å². The Morgan fingerprint density at radius 1 is 1.46 bits per heavy atom. The molecular weight excluding hydrogens is 176 g/mol. The highest BCUT2D eigenvalue weighted by Gasteiger charge is 2.13. The molecule has 0 aliphatic heterocycles. The molecule has 1 unspecified atom stereocenters. The fourth-order valence-electron chi connectivity index (χ4n) is 1.14.